The fraction of sp³-hybridized carbons (Fsp3) is 0.364. The lowest BCUT2D eigenvalue weighted by molar-refractivity contribution is 0.101. The Morgan fingerprint density at radius 2 is 2.33 bits per heavy atom. The molecule has 7 heteroatoms. The molecule has 1 aromatic heterocycles. The largest absolute Gasteiger partial charge is 0.469 e. The molecule has 18 heavy (non-hydrogen) atoms. The number of rotatable bonds is 5. The highest BCUT2D eigenvalue weighted by atomic mass is 16.5. The van der Waals surface area contributed by atoms with Crippen molar-refractivity contribution >= 4 is 11.6 Å². The number of hydrogen-bond donors (Lipinski definition) is 2. The number of hydrazine groups is 2. The number of pyridine rings is 1. The van der Waals surface area contributed by atoms with Crippen molar-refractivity contribution in [2.45, 2.75) is 13.8 Å². The number of aromatic nitrogens is 1. The van der Waals surface area contributed by atoms with Gasteiger partial charge in [0.2, 0.25) is 5.88 Å². The number of amidine groups is 1. The van der Waals surface area contributed by atoms with Gasteiger partial charge in [-0.3, -0.25) is 9.80 Å². The van der Waals surface area contributed by atoms with Crippen molar-refractivity contribution in [2.75, 3.05) is 13.2 Å². The first-order valence-electron chi connectivity index (χ1n) is 5.65. The summed E-state index contributed by atoms with van der Waals surface area (Å²) in [6.07, 6.45) is 1.50. The first-order valence-corrected chi connectivity index (χ1v) is 5.65. The number of ketones is 1. The van der Waals surface area contributed by atoms with E-state index in [-0.39, 0.29) is 5.78 Å². The summed E-state index contributed by atoms with van der Waals surface area (Å²) in [5, 5.41) is 5.85. The van der Waals surface area contributed by atoms with Crippen LogP contribution in [-0.2, 0) is 0 Å². The molecular weight excluding hydrogens is 234 g/mol. The van der Waals surface area contributed by atoms with Crippen LogP contribution in [0.25, 0.3) is 0 Å². The van der Waals surface area contributed by atoms with Crippen LogP contribution in [0.1, 0.15) is 24.2 Å². The van der Waals surface area contributed by atoms with Crippen LogP contribution in [0.5, 0.6) is 5.88 Å². The molecule has 1 aliphatic rings. The summed E-state index contributed by atoms with van der Waals surface area (Å²) in [5.74, 6) is 1.19. The van der Waals surface area contributed by atoms with Crippen molar-refractivity contribution in [1.82, 2.24) is 21.1 Å². The minimum Gasteiger partial charge on any atom is -0.469 e. The number of Topliss-reactive ketones (excluding diaryl/α,β-unsaturated/α-hetero) is 1. The molecule has 0 saturated carbocycles. The summed E-state index contributed by atoms with van der Waals surface area (Å²) in [7, 11) is 0. The lowest BCUT2D eigenvalue weighted by atomic mass is 10.2. The first-order chi connectivity index (χ1) is 8.70. The van der Waals surface area contributed by atoms with E-state index < -0.39 is 0 Å². The highest BCUT2D eigenvalue weighted by Gasteiger charge is 2.15. The van der Waals surface area contributed by atoms with E-state index >= 15 is 0 Å². The van der Waals surface area contributed by atoms with E-state index in [0.29, 0.717) is 18.1 Å². The van der Waals surface area contributed by atoms with Crippen molar-refractivity contribution in [2.24, 2.45) is 5.10 Å². The van der Waals surface area contributed by atoms with Crippen molar-refractivity contribution in [3.63, 3.8) is 0 Å². The van der Waals surface area contributed by atoms with Gasteiger partial charge in [0.15, 0.2) is 18.2 Å². The molecule has 1 aliphatic heterocycles. The Bertz CT molecular complexity index is 457. The summed E-state index contributed by atoms with van der Waals surface area (Å²) in [6.45, 7) is 4.57. The molecule has 96 valence electrons. The highest BCUT2D eigenvalue weighted by molar-refractivity contribution is 5.93. The number of carbonyl (C=O) groups is 1. The molecule has 0 bridgehead atoms. The van der Waals surface area contributed by atoms with Crippen molar-refractivity contribution in [1.29, 1.82) is 0 Å². The molecule has 0 aliphatic carbocycles. The van der Waals surface area contributed by atoms with E-state index in [2.05, 4.69) is 21.2 Å². The molecule has 0 aromatic carbocycles. The lowest BCUT2D eigenvalue weighted by Crippen LogP contribution is -2.42. The number of nitrogens with one attached hydrogen (secondary N) is 2. The van der Waals surface area contributed by atoms with Gasteiger partial charge in [-0.15, -0.1) is 10.6 Å². The predicted octanol–water partition coefficient (Wildman–Crippen LogP) is 0.321. The quantitative estimate of drug-likeness (QED) is 0.732. The van der Waals surface area contributed by atoms with E-state index in [1.165, 1.54) is 13.1 Å². The van der Waals surface area contributed by atoms with Gasteiger partial charge >= 0.3 is 0 Å². The zero-order chi connectivity index (χ0) is 13.0. The summed E-state index contributed by atoms with van der Waals surface area (Å²) in [5.41, 5.74) is 6.07. The maximum atomic E-state index is 11.1. The van der Waals surface area contributed by atoms with Gasteiger partial charge in [-0.2, -0.15) is 0 Å². The third-order valence-corrected chi connectivity index (χ3v) is 2.49. The van der Waals surface area contributed by atoms with Gasteiger partial charge in [-0.05, 0) is 19.9 Å². The average molecular weight is 249 g/mol. The second kappa shape index (κ2) is 5.46. The SMILES string of the molecule is CCN1NNN=C1COc1ccc(C(C)=O)cn1. The second-order valence-electron chi connectivity index (χ2n) is 3.73. The van der Waals surface area contributed by atoms with Gasteiger partial charge in [0.25, 0.3) is 0 Å². The van der Waals surface area contributed by atoms with Crippen LogP contribution in [0, 0.1) is 0 Å². The van der Waals surface area contributed by atoms with Crippen LogP contribution in [0.3, 0.4) is 0 Å². The maximum absolute atomic E-state index is 11.1. The second-order valence-corrected chi connectivity index (χ2v) is 3.73. The van der Waals surface area contributed by atoms with Gasteiger partial charge in [-0.25, -0.2) is 10.5 Å². The third kappa shape index (κ3) is 2.75. The van der Waals surface area contributed by atoms with Crippen LogP contribution >= 0.6 is 0 Å². The Kier molecular flexibility index (Phi) is 3.73. The molecule has 0 saturated heterocycles. The van der Waals surface area contributed by atoms with Crippen LogP contribution in [0.4, 0.5) is 0 Å². The summed E-state index contributed by atoms with van der Waals surface area (Å²) >= 11 is 0. The monoisotopic (exact) mass is 249 g/mol. The van der Waals surface area contributed by atoms with Gasteiger partial charge < -0.3 is 4.74 Å². The highest BCUT2D eigenvalue weighted by Crippen LogP contribution is 2.08. The number of likely N-dealkylation sites (N-methyl/N-ethyl adjacent to an activating group) is 1. The molecule has 0 unspecified atom stereocenters. The van der Waals surface area contributed by atoms with E-state index in [0.717, 1.165) is 12.4 Å². The molecule has 2 heterocycles. The van der Waals surface area contributed by atoms with Gasteiger partial charge in [0.05, 0.1) is 0 Å². The third-order valence-electron chi connectivity index (χ3n) is 2.49. The Hall–Kier alpha value is -2.15. The standard InChI is InChI=1S/C11H15N5O2/c1-3-16-10(13-14-15-16)7-18-11-5-4-9(6-12-11)8(2)17/h4-6,14-15H,3,7H2,1-2H3. The molecule has 1 aromatic rings. The van der Waals surface area contributed by atoms with E-state index in [4.69, 9.17) is 4.74 Å². The molecule has 7 nitrogen and oxygen atoms in total. The van der Waals surface area contributed by atoms with Gasteiger partial charge in [-0.1, -0.05) is 0 Å². The molecule has 0 radical (unpaired) electrons. The predicted molar refractivity (Wildman–Crippen MR) is 65.8 cm³/mol. The Morgan fingerprint density at radius 3 is 2.94 bits per heavy atom. The summed E-state index contributed by atoms with van der Waals surface area (Å²) in [6, 6.07) is 3.36. The molecule has 0 atom stereocenters. The van der Waals surface area contributed by atoms with Crippen LogP contribution in [0.15, 0.2) is 23.4 Å². The molecule has 2 rings (SSSR count). The number of hydrazone groups is 1. The molecule has 0 fully saturated rings. The Morgan fingerprint density at radius 1 is 1.50 bits per heavy atom. The Labute approximate surface area is 105 Å². The maximum Gasteiger partial charge on any atom is 0.213 e. The number of hydrogen-bond acceptors (Lipinski definition) is 7. The van der Waals surface area contributed by atoms with Crippen LogP contribution in [-0.4, -0.2) is 34.8 Å². The van der Waals surface area contributed by atoms with E-state index in [9.17, 15) is 4.79 Å². The van der Waals surface area contributed by atoms with E-state index in [1.807, 2.05) is 11.9 Å². The number of nitrogens with zero attached hydrogens (tertiary/aromatic N) is 3. The van der Waals surface area contributed by atoms with Crippen molar-refractivity contribution in [3.05, 3.63) is 23.9 Å². The van der Waals surface area contributed by atoms with Crippen LogP contribution < -0.4 is 15.8 Å². The zero-order valence-electron chi connectivity index (χ0n) is 10.3. The van der Waals surface area contributed by atoms with Crippen molar-refractivity contribution in [3.8, 4) is 5.88 Å². The number of carbonyl (C=O) groups excluding carboxylic acids is 1. The first kappa shape index (κ1) is 12.3. The van der Waals surface area contributed by atoms with Gasteiger partial charge in [0, 0.05) is 24.4 Å². The molecule has 2 N–H and O–H groups in total. The van der Waals surface area contributed by atoms with Gasteiger partial charge in [0.1, 0.15) is 0 Å². The smallest absolute Gasteiger partial charge is 0.213 e. The fourth-order valence-corrected chi connectivity index (χ4v) is 1.46. The summed E-state index contributed by atoms with van der Waals surface area (Å²) < 4.78 is 5.48. The summed E-state index contributed by atoms with van der Waals surface area (Å²) in [4.78, 5) is 15.1. The molecular formula is C11H15N5O2. The van der Waals surface area contributed by atoms with Crippen molar-refractivity contribution < 1.29 is 9.53 Å². The molecule has 0 amide bonds. The normalized spacial score (nSPS) is 14.1. The van der Waals surface area contributed by atoms with Crippen LogP contribution in [0.2, 0.25) is 0 Å². The zero-order valence-corrected chi connectivity index (χ0v) is 10.3. The minimum absolute atomic E-state index is 0.0141. The molecule has 0 spiro atoms. The lowest BCUT2D eigenvalue weighted by Gasteiger charge is -2.16. The Balaban J connectivity index is 1.92. The van der Waals surface area contributed by atoms with E-state index in [1.54, 1.807) is 12.1 Å². The average Bonchev–Trinajstić information content (AvgIpc) is 2.84. The fourth-order valence-electron chi connectivity index (χ4n) is 1.46. The topological polar surface area (TPSA) is 78.9 Å². The number of ether oxygens (including phenoxy) is 1. The minimum atomic E-state index is -0.0141.